The Bertz CT molecular complexity index is 1300. The number of alkyl halides is 1. The maximum atomic E-state index is 14.0. The van der Waals surface area contributed by atoms with E-state index in [2.05, 4.69) is 16.6 Å². The van der Waals surface area contributed by atoms with E-state index in [0.717, 1.165) is 53.2 Å². The van der Waals surface area contributed by atoms with E-state index in [1.807, 2.05) is 31.2 Å². The lowest BCUT2D eigenvalue weighted by atomic mass is 9.85. The standard InChI is InChI=1S/C29H28F2N2O3/c1-18-24-9-5-21(31)13-27(24)36-29(28(18)25-10-6-22(34)14-26(25)32-2)20-3-7-23(8-4-20)35-12-11-33-16-19(15-30)17-33/h3-10,13-14,19,29,34H,2,11-12,15-17H2,1H3/t29-/m1/s1. The van der Waals surface area contributed by atoms with Crippen LogP contribution in [0.1, 0.15) is 29.7 Å². The smallest absolute Gasteiger partial charge is 0.150 e. The minimum absolute atomic E-state index is 0.0927. The van der Waals surface area contributed by atoms with Gasteiger partial charge in [0.15, 0.2) is 0 Å². The molecular formula is C29H28F2N2O3. The minimum Gasteiger partial charge on any atom is -0.508 e. The molecule has 5 nitrogen and oxygen atoms in total. The Morgan fingerprint density at radius 3 is 2.56 bits per heavy atom. The molecule has 1 fully saturated rings. The number of phenols is 1. The van der Waals surface area contributed by atoms with Crippen LogP contribution >= 0.6 is 0 Å². The molecule has 2 aliphatic heterocycles. The van der Waals surface area contributed by atoms with Crippen LogP contribution in [0.25, 0.3) is 11.1 Å². The zero-order chi connectivity index (χ0) is 25.2. The van der Waals surface area contributed by atoms with Gasteiger partial charge in [-0.2, -0.15) is 0 Å². The van der Waals surface area contributed by atoms with Gasteiger partial charge in [-0.05, 0) is 61.2 Å². The fourth-order valence-electron chi connectivity index (χ4n) is 4.88. The summed E-state index contributed by atoms with van der Waals surface area (Å²) in [6.07, 6.45) is -0.530. The third-order valence-electron chi connectivity index (χ3n) is 6.81. The van der Waals surface area contributed by atoms with E-state index < -0.39 is 6.10 Å². The number of phenolic OH excluding ortho intramolecular Hbond substituents is 1. The number of aliphatic imine (C=N–C) groups is 1. The van der Waals surface area contributed by atoms with Crippen LogP contribution in [-0.2, 0) is 0 Å². The predicted octanol–water partition coefficient (Wildman–Crippen LogP) is 6.21. The van der Waals surface area contributed by atoms with Gasteiger partial charge in [0.2, 0.25) is 0 Å². The molecule has 1 atom stereocenters. The molecule has 5 rings (SSSR count). The monoisotopic (exact) mass is 490 g/mol. The number of allylic oxidation sites excluding steroid dienone is 1. The van der Waals surface area contributed by atoms with E-state index >= 15 is 0 Å². The maximum Gasteiger partial charge on any atom is 0.150 e. The number of nitrogens with zero attached hydrogens (tertiary/aromatic N) is 2. The van der Waals surface area contributed by atoms with E-state index in [9.17, 15) is 13.9 Å². The lowest BCUT2D eigenvalue weighted by Gasteiger charge is -2.37. The average Bonchev–Trinajstić information content (AvgIpc) is 2.85. The number of aromatic hydroxyl groups is 1. The summed E-state index contributed by atoms with van der Waals surface area (Å²) in [4.78, 5) is 6.29. The van der Waals surface area contributed by atoms with Gasteiger partial charge < -0.3 is 14.6 Å². The van der Waals surface area contributed by atoms with Gasteiger partial charge in [-0.3, -0.25) is 14.3 Å². The summed E-state index contributed by atoms with van der Waals surface area (Å²) in [5, 5.41) is 9.97. The number of hydrogen-bond acceptors (Lipinski definition) is 5. The number of fused-ring (bicyclic) bond motifs is 1. The average molecular weight is 491 g/mol. The van der Waals surface area contributed by atoms with Gasteiger partial charge in [0.05, 0.1) is 12.4 Å². The molecular weight excluding hydrogens is 462 g/mol. The van der Waals surface area contributed by atoms with Crippen molar-refractivity contribution in [2.24, 2.45) is 10.9 Å². The highest BCUT2D eigenvalue weighted by molar-refractivity contribution is 5.98. The zero-order valence-electron chi connectivity index (χ0n) is 20.1. The van der Waals surface area contributed by atoms with Gasteiger partial charge in [0.25, 0.3) is 0 Å². The molecule has 0 aromatic heterocycles. The minimum atomic E-state index is -0.530. The molecule has 0 spiro atoms. The zero-order valence-corrected chi connectivity index (χ0v) is 20.1. The van der Waals surface area contributed by atoms with Gasteiger partial charge in [-0.1, -0.05) is 12.1 Å². The number of hydrogen-bond donors (Lipinski definition) is 1. The normalized spacial score (nSPS) is 17.8. The molecule has 1 saturated heterocycles. The van der Waals surface area contributed by atoms with E-state index in [4.69, 9.17) is 9.47 Å². The van der Waals surface area contributed by atoms with Crippen molar-refractivity contribution in [3.8, 4) is 17.2 Å². The molecule has 186 valence electrons. The molecule has 0 unspecified atom stereocenters. The van der Waals surface area contributed by atoms with Crippen molar-refractivity contribution in [3.63, 3.8) is 0 Å². The van der Waals surface area contributed by atoms with E-state index in [1.165, 1.54) is 12.1 Å². The fraction of sp³-hybridized carbons (Fsp3) is 0.276. The Morgan fingerprint density at radius 1 is 1.08 bits per heavy atom. The molecule has 0 aliphatic carbocycles. The summed E-state index contributed by atoms with van der Waals surface area (Å²) in [7, 11) is 0. The summed E-state index contributed by atoms with van der Waals surface area (Å²) in [5.74, 6) is 1.08. The maximum absolute atomic E-state index is 14.0. The van der Waals surface area contributed by atoms with Crippen molar-refractivity contribution in [3.05, 3.63) is 83.2 Å². The first-order valence-electron chi connectivity index (χ1n) is 12.0. The second kappa shape index (κ2) is 10.1. The molecule has 3 aromatic carbocycles. The molecule has 2 heterocycles. The van der Waals surface area contributed by atoms with E-state index in [1.54, 1.807) is 24.3 Å². The highest BCUT2D eigenvalue weighted by atomic mass is 19.1. The molecule has 3 aromatic rings. The molecule has 36 heavy (non-hydrogen) atoms. The van der Waals surface area contributed by atoms with Gasteiger partial charge >= 0.3 is 0 Å². The van der Waals surface area contributed by atoms with Crippen LogP contribution in [0.3, 0.4) is 0 Å². The van der Waals surface area contributed by atoms with Crippen molar-refractivity contribution in [1.82, 2.24) is 4.90 Å². The van der Waals surface area contributed by atoms with Gasteiger partial charge in [0.1, 0.15) is 35.8 Å². The Kier molecular flexibility index (Phi) is 6.74. The third kappa shape index (κ3) is 4.71. The summed E-state index contributed by atoms with van der Waals surface area (Å²) in [5.41, 5.74) is 4.77. The number of halogens is 2. The van der Waals surface area contributed by atoms with Crippen molar-refractivity contribution in [2.45, 2.75) is 13.0 Å². The predicted molar refractivity (Wildman–Crippen MR) is 137 cm³/mol. The highest BCUT2D eigenvalue weighted by Gasteiger charge is 2.31. The summed E-state index contributed by atoms with van der Waals surface area (Å²) < 4.78 is 38.9. The topological polar surface area (TPSA) is 54.3 Å². The summed E-state index contributed by atoms with van der Waals surface area (Å²) in [6, 6.07) is 17.1. The van der Waals surface area contributed by atoms with Crippen LogP contribution in [0.5, 0.6) is 17.2 Å². The quantitative estimate of drug-likeness (QED) is 0.382. The number of benzene rings is 3. The molecule has 0 radical (unpaired) electrons. The second-order valence-electron chi connectivity index (χ2n) is 9.23. The fourth-order valence-corrected chi connectivity index (χ4v) is 4.88. The number of likely N-dealkylation sites (tertiary alicyclic amines) is 1. The van der Waals surface area contributed by atoms with Crippen LogP contribution in [0.4, 0.5) is 14.5 Å². The Hall–Kier alpha value is -3.71. The van der Waals surface area contributed by atoms with Crippen LogP contribution in [-0.4, -0.2) is 49.6 Å². The Balaban J connectivity index is 1.43. The van der Waals surface area contributed by atoms with Gasteiger partial charge in [0, 0.05) is 54.4 Å². The van der Waals surface area contributed by atoms with E-state index in [0.29, 0.717) is 18.0 Å². The lowest BCUT2D eigenvalue weighted by Crippen LogP contribution is -2.49. The van der Waals surface area contributed by atoms with E-state index in [-0.39, 0.29) is 24.2 Å². The largest absolute Gasteiger partial charge is 0.508 e. The molecule has 1 N–H and O–H groups in total. The van der Waals surface area contributed by atoms with Crippen molar-refractivity contribution in [2.75, 3.05) is 32.9 Å². The first kappa shape index (κ1) is 24.0. The van der Waals surface area contributed by atoms with Crippen LogP contribution in [0.15, 0.2) is 65.7 Å². The molecule has 7 heteroatoms. The first-order valence-corrected chi connectivity index (χ1v) is 12.0. The lowest BCUT2D eigenvalue weighted by molar-refractivity contribution is 0.0668. The molecule has 2 aliphatic rings. The highest BCUT2D eigenvalue weighted by Crippen LogP contribution is 2.49. The number of ether oxygens (including phenoxy) is 2. The second-order valence-corrected chi connectivity index (χ2v) is 9.23. The molecule has 0 bridgehead atoms. The number of rotatable bonds is 8. The summed E-state index contributed by atoms with van der Waals surface area (Å²) in [6.45, 7) is 8.23. The van der Waals surface area contributed by atoms with Crippen LogP contribution in [0, 0.1) is 11.7 Å². The van der Waals surface area contributed by atoms with Crippen molar-refractivity contribution in [1.29, 1.82) is 0 Å². The Morgan fingerprint density at radius 2 is 1.83 bits per heavy atom. The van der Waals surface area contributed by atoms with Crippen LogP contribution in [0.2, 0.25) is 0 Å². The van der Waals surface area contributed by atoms with Crippen LogP contribution < -0.4 is 9.47 Å². The van der Waals surface area contributed by atoms with Crippen molar-refractivity contribution < 1.29 is 23.4 Å². The Labute approximate surface area is 209 Å². The van der Waals surface area contributed by atoms with Crippen molar-refractivity contribution >= 4 is 23.6 Å². The van der Waals surface area contributed by atoms with Gasteiger partial charge in [-0.15, -0.1) is 0 Å². The molecule has 0 saturated carbocycles. The SMILES string of the molecule is C=Nc1cc(O)ccc1C1=C(C)c2ccc(F)cc2O[C@@H]1c1ccc(OCCN2CC(CF)C2)cc1. The molecule has 0 amide bonds. The van der Waals surface area contributed by atoms with Gasteiger partial charge in [-0.25, -0.2) is 4.39 Å². The first-order chi connectivity index (χ1) is 17.5. The third-order valence-corrected chi connectivity index (χ3v) is 6.81. The summed E-state index contributed by atoms with van der Waals surface area (Å²) >= 11 is 0.